The predicted octanol–water partition coefficient (Wildman–Crippen LogP) is 4.14. The summed E-state index contributed by atoms with van der Waals surface area (Å²) in [7, 11) is 3.07. The lowest BCUT2D eigenvalue weighted by atomic mass is 10.1. The van der Waals surface area contributed by atoms with E-state index < -0.39 is 11.7 Å². The summed E-state index contributed by atoms with van der Waals surface area (Å²) in [5, 5.41) is 2.87. The molecule has 1 amide bonds. The number of para-hydroxylation sites is 1. The van der Waals surface area contributed by atoms with Crippen molar-refractivity contribution < 1.29 is 27.4 Å². The Hall–Kier alpha value is -2.70. The topological polar surface area (TPSA) is 47.6 Å². The number of carbonyl (C=O) groups is 1. The fourth-order valence-corrected chi connectivity index (χ4v) is 3.18. The first-order chi connectivity index (χ1) is 12.8. The van der Waals surface area contributed by atoms with Gasteiger partial charge >= 0.3 is 6.18 Å². The molecule has 2 unspecified atom stereocenters. The fraction of sp³-hybridized carbons (Fsp3) is 0.350. The summed E-state index contributed by atoms with van der Waals surface area (Å²) in [5.41, 5.74) is 0.858. The smallest absolute Gasteiger partial charge is 0.416 e. The molecule has 0 heterocycles. The van der Waals surface area contributed by atoms with Gasteiger partial charge in [-0.05, 0) is 36.1 Å². The van der Waals surface area contributed by atoms with Crippen LogP contribution in [0.3, 0.4) is 0 Å². The third kappa shape index (κ3) is 4.18. The van der Waals surface area contributed by atoms with E-state index in [9.17, 15) is 18.0 Å². The monoisotopic (exact) mass is 379 g/mol. The highest BCUT2D eigenvalue weighted by molar-refractivity contribution is 5.83. The van der Waals surface area contributed by atoms with Crippen LogP contribution in [0, 0.1) is 5.92 Å². The lowest BCUT2D eigenvalue weighted by Gasteiger charge is -2.13. The molecule has 0 saturated heterocycles. The minimum absolute atomic E-state index is 0.0421. The van der Waals surface area contributed by atoms with Gasteiger partial charge in [0, 0.05) is 18.0 Å². The zero-order valence-corrected chi connectivity index (χ0v) is 15.0. The van der Waals surface area contributed by atoms with Crippen molar-refractivity contribution in [1.82, 2.24) is 5.32 Å². The maximum atomic E-state index is 12.6. The van der Waals surface area contributed by atoms with Crippen molar-refractivity contribution in [1.29, 1.82) is 0 Å². The molecule has 2 atom stereocenters. The van der Waals surface area contributed by atoms with Gasteiger partial charge in [-0.3, -0.25) is 4.79 Å². The Bertz CT molecular complexity index is 818. The van der Waals surface area contributed by atoms with Gasteiger partial charge in [0.1, 0.15) is 0 Å². The number of ether oxygens (including phenoxy) is 2. The number of nitrogens with one attached hydrogen (secondary N) is 1. The highest BCUT2D eigenvalue weighted by Crippen LogP contribution is 2.48. The summed E-state index contributed by atoms with van der Waals surface area (Å²) in [6.07, 6.45) is -3.72. The van der Waals surface area contributed by atoms with Crippen molar-refractivity contribution in [2.24, 2.45) is 5.92 Å². The van der Waals surface area contributed by atoms with Gasteiger partial charge in [-0.1, -0.05) is 24.3 Å². The van der Waals surface area contributed by atoms with Gasteiger partial charge in [0.2, 0.25) is 5.91 Å². The Labute approximate surface area is 155 Å². The maximum absolute atomic E-state index is 12.6. The lowest BCUT2D eigenvalue weighted by Crippen LogP contribution is -2.25. The highest BCUT2D eigenvalue weighted by Gasteiger charge is 2.44. The molecule has 1 saturated carbocycles. The van der Waals surface area contributed by atoms with Crippen molar-refractivity contribution >= 4 is 5.91 Å². The fourth-order valence-electron chi connectivity index (χ4n) is 3.18. The molecule has 0 aliphatic heterocycles. The van der Waals surface area contributed by atoms with Crippen LogP contribution in [0.1, 0.15) is 29.0 Å². The zero-order chi connectivity index (χ0) is 19.6. The molecule has 2 aromatic rings. The molecule has 4 nitrogen and oxygen atoms in total. The number of amides is 1. The van der Waals surface area contributed by atoms with Gasteiger partial charge in [0.25, 0.3) is 0 Å². The van der Waals surface area contributed by atoms with Crippen LogP contribution in [0.15, 0.2) is 42.5 Å². The molecule has 7 heteroatoms. The molecule has 0 aromatic heterocycles. The second kappa shape index (κ2) is 7.50. The average Bonchev–Trinajstić information content (AvgIpc) is 3.46. The van der Waals surface area contributed by atoms with Gasteiger partial charge in [-0.25, -0.2) is 0 Å². The van der Waals surface area contributed by atoms with E-state index >= 15 is 0 Å². The molecular weight excluding hydrogens is 359 g/mol. The van der Waals surface area contributed by atoms with E-state index in [1.807, 2.05) is 12.1 Å². The van der Waals surface area contributed by atoms with Gasteiger partial charge in [-0.2, -0.15) is 13.2 Å². The molecule has 0 radical (unpaired) electrons. The minimum Gasteiger partial charge on any atom is -0.493 e. The quantitative estimate of drug-likeness (QED) is 0.821. The first-order valence-electron chi connectivity index (χ1n) is 8.50. The van der Waals surface area contributed by atoms with Gasteiger partial charge in [-0.15, -0.1) is 0 Å². The zero-order valence-electron chi connectivity index (χ0n) is 15.0. The van der Waals surface area contributed by atoms with Gasteiger partial charge in [0.15, 0.2) is 11.5 Å². The summed E-state index contributed by atoms with van der Waals surface area (Å²) in [5.74, 6) is 0.760. The second-order valence-electron chi connectivity index (χ2n) is 6.44. The van der Waals surface area contributed by atoms with E-state index in [0.29, 0.717) is 17.9 Å². The van der Waals surface area contributed by atoms with Crippen LogP contribution in [-0.4, -0.2) is 20.1 Å². The number of benzene rings is 2. The minimum atomic E-state index is -4.35. The van der Waals surface area contributed by atoms with Crippen LogP contribution in [0.2, 0.25) is 0 Å². The Balaban J connectivity index is 1.60. The lowest BCUT2D eigenvalue weighted by molar-refractivity contribution is -0.137. The van der Waals surface area contributed by atoms with Crippen LogP contribution in [0.4, 0.5) is 13.2 Å². The highest BCUT2D eigenvalue weighted by atomic mass is 19.4. The molecule has 144 valence electrons. The van der Waals surface area contributed by atoms with Crippen molar-refractivity contribution in [3.63, 3.8) is 0 Å². The third-order valence-electron chi connectivity index (χ3n) is 4.73. The summed E-state index contributed by atoms with van der Waals surface area (Å²) in [6, 6.07) is 10.4. The van der Waals surface area contributed by atoms with Crippen LogP contribution >= 0.6 is 0 Å². The first-order valence-corrected chi connectivity index (χ1v) is 8.50. The Morgan fingerprint density at radius 1 is 1.11 bits per heavy atom. The van der Waals surface area contributed by atoms with E-state index in [-0.39, 0.29) is 24.3 Å². The Morgan fingerprint density at radius 3 is 2.41 bits per heavy atom. The Morgan fingerprint density at radius 2 is 1.81 bits per heavy atom. The van der Waals surface area contributed by atoms with Crippen LogP contribution < -0.4 is 14.8 Å². The van der Waals surface area contributed by atoms with E-state index in [4.69, 9.17) is 9.47 Å². The standard InChI is InChI=1S/C20H20F3NO3/c1-26-17-5-3-4-13(18(17)27-2)11-24-19(25)16-10-15(16)12-6-8-14(9-7-12)20(21,22)23/h3-9,15-16H,10-11H2,1-2H3,(H,24,25). The van der Waals surface area contributed by atoms with Crippen LogP contribution in [0.25, 0.3) is 0 Å². The molecule has 2 aromatic carbocycles. The van der Waals surface area contributed by atoms with Crippen molar-refractivity contribution in [3.05, 3.63) is 59.2 Å². The molecule has 0 spiro atoms. The summed E-state index contributed by atoms with van der Waals surface area (Å²) in [6.45, 7) is 0.287. The van der Waals surface area contributed by atoms with E-state index in [0.717, 1.165) is 23.3 Å². The molecule has 1 aliphatic rings. The molecule has 1 fully saturated rings. The van der Waals surface area contributed by atoms with Crippen molar-refractivity contribution in [2.45, 2.75) is 25.1 Å². The maximum Gasteiger partial charge on any atom is 0.416 e. The second-order valence-corrected chi connectivity index (χ2v) is 6.44. The number of alkyl halides is 3. The van der Waals surface area contributed by atoms with Crippen LogP contribution in [-0.2, 0) is 17.5 Å². The third-order valence-corrected chi connectivity index (χ3v) is 4.73. The summed E-state index contributed by atoms with van der Waals surface area (Å²) in [4.78, 5) is 12.4. The molecule has 1 N–H and O–H groups in total. The number of hydrogen-bond acceptors (Lipinski definition) is 3. The Kier molecular flexibility index (Phi) is 5.30. The molecule has 3 rings (SSSR count). The number of rotatable bonds is 6. The molecule has 1 aliphatic carbocycles. The van der Waals surface area contributed by atoms with Gasteiger partial charge in [0.05, 0.1) is 19.8 Å². The van der Waals surface area contributed by atoms with Gasteiger partial charge < -0.3 is 14.8 Å². The number of methoxy groups -OCH3 is 2. The predicted molar refractivity (Wildman–Crippen MR) is 93.7 cm³/mol. The number of hydrogen-bond donors (Lipinski definition) is 1. The SMILES string of the molecule is COc1cccc(CNC(=O)C2CC2c2ccc(C(F)(F)F)cc2)c1OC. The molecule has 27 heavy (non-hydrogen) atoms. The average molecular weight is 379 g/mol. The number of carbonyl (C=O) groups excluding carboxylic acids is 1. The van der Waals surface area contributed by atoms with E-state index in [1.165, 1.54) is 19.2 Å². The summed E-state index contributed by atoms with van der Waals surface area (Å²) >= 11 is 0. The summed E-state index contributed by atoms with van der Waals surface area (Å²) < 4.78 is 48.5. The van der Waals surface area contributed by atoms with Crippen molar-refractivity contribution in [2.75, 3.05) is 14.2 Å². The molecular formula is C20H20F3NO3. The van der Waals surface area contributed by atoms with Crippen LogP contribution in [0.5, 0.6) is 11.5 Å². The number of halogens is 3. The normalized spacial score (nSPS) is 18.7. The van der Waals surface area contributed by atoms with E-state index in [2.05, 4.69) is 5.32 Å². The first kappa shape index (κ1) is 19.1. The molecule has 0 bridgehead atoms. The van der Waals surface area contributed by atoms with Crippen molar-refractivity contribution in [3.8, 4) is 11.5 Å². The largest absolute Gasteiger partial charge is 0.493 e. The van der Waals surface area contributed by atoms with E-state index in [1.54, 1.807) is 13.2 Å².